The van der Waals surface area contributed by atoms with E-state index in [9.17, 15) is 4.79 Å². The molecule has 0 aliphatic carbocycles. The van der Waals surface area contributed by atoms with Gasteiger partial charge in [0.15, 0.2) is 11.4 Å². The molecule has 6 nitrogen and oxygen atoms in total. The van der Waals surface area contributed by atoms with Crippen molar-refractivity contribution in [3.8, 4) is 17.0 Å². The number of aryl methyl sites for hydroxylation is 2. The van der Waals surface area contributed by atoms with E-state index in [0.29, 0.717) is 18.1 Å². The van der Waals surface area contributed by atoms with Crippen molar-refractivity contribution in [1.29, 1.82) is 0 Å². The summed E-state index contributed by atoms with van der Waals surface area (Å²) in [5, 5.41) is 11.2. The number of benzene rings is 2. The van der Waals surface area contributed by atoms with Crippen LogP contribution in [-0.2, 0) is 12.8 Å². The Balaban J connectivity index is 1.89. The van der Waals surface area contributed by atoms with Gasteiger partial charge in [-0.25, -0.2) is 4.63 Å². The molecule has 0 bridgehead atoms. The third-order valence-corrected chi connectivity index (χ3v) is 5.21. The Morgan fingerprint density at radius 3 is 2.43 bits per heavy atom. The Morgan fingerprint density at radius 1 is 1.07 bits per heavy atom. The molecule has 0 spiro atoms. The minimum Gasteiger partial charge on any atom is -0.490 e. The predicted octanol–water partition coefficient (Wildman–Crippen LogP) is 6.21. The van der Waals surface area contributed by atoms with Crippen LogP contribution in [0.4, 0.5) is 5.82 Å². The first-order valence-electron chi connectivity index (χ1n) is 9.86. The second kappa shape index (κ2) is 9.96. The van der Waals surface area contributed by atoms with Crippen LogP contribution in [0.1, 0.15) is 48.7 Å². The average Bonchev–Trinajstić information content (AvgIpc) is 3.20. The van der Waals surface area contributed by atoms with E-state index in [0.717, 1.165) is 36.0 Å². The van der Waals surface area contributed by atoms with E-state index in [1.54, 1.807) is 0 Å². The van der Waals surface area contributed by atoms with Gasteiger partial charge in [-0.15, -0.1) is 0 Å². The van der Waals surface area contributed by atoms with Gasteiger partial charge in [0.05, 0.1) is 16.7 Å². The Kier molecular flexibility index (Phi) is 7.34. The molecule has 1 N–H and O–H groups in total. The molecule has 0 aliphatic rings. The molecule has 1 heterocycles. The number of amides is 1. The molecule has 3 aromatic rings. The fourth-order valence-electron chi connectivity index (χ4n) is 3.03. The van der Waals surface area contributed by atoms with Crippen LogP contribution >= 0.6 is 23.2 Å². The van der Waals surface area contributed by atoms with Crippen molar-refractivity contribution in [3.05, 3.63) is 57.1 Å². The normalized spacial score (nSPS) is 10.8. The molecular formula is C22H23Cl2N3O3. The number of nitrogens with one attached hydrogen (secondary N) is 1. The number of carbonyl (C=O) groups excluding carboxylic acids is 1. The van der Waals surface area contributed by atoms with Gasteiger partial charge in [0, 0.05) is 11.1 Å². The second-order valence-electron chi connectivity index (χ2n) is 6.73. The van der Waals surface area contributed by atoms with Crippen molar-refractivity contribution >= 4 is 34.9 Å². The molecule has 0 atom stereocenters. The summed E-state index contributed by atoms with van der Waals surface area (Å²) in [6, 6.07) is 9.21. The molecule has 0 saturated heterocycles. The molecular weight excluding hydrogens is 425 g/mol. The first-order valence-corrected chi connectivity index (χ1v) is 10.6. The van der Waals surface area contributed by atoms with Gasteiger partial charge in [0.25, 0.3) is 5.91 Å². The van der Waals surface area contributed by atoms with Crippen LogP contribution in [0.25, 0.3) is 11.3 Å². The number of hydrogen-bond donors (Lipinski definition) is 1. The third-order valence-electron chi connectivity index (χ3n) is 4.65. The Labute approximate surface area is 185 Å². The van der Waals surface area contributed by atoms with E-state index in [2.05, 4.69) is 41.6 Å². The maximum atomic E-state index is 12.8. The van der Waals surface area contributed by atoms with E-state index in [1.165, 1.54) is 12.1 Å². The number of anilines is 1. The largest absolute Gasteiger partial charge is 0.490 e. The van der Waals surface area contributed by atoms with Crippen LogP contribution < -0.4 is 10.1 Å². The molecule has 0 saturated carbocycles. The maximum Gasteiger partial charge on any atom is 0.257 e. The highest BCUT2D eigenvalue weighted by Crippen LogP contribution is 2.35. The number of ether oxygens (including phenoxy) is 1. The Bertz CT molecular complexity index is 1030. The lowest BCUT2D eigenvalue weighted by molar-refractivity contribution is 0.102. The topological polar surface area (TPSA) is 77.2 Å². The second-order valence-corrected chi connectivity index (χ2v) is 7.55. The highest BCUT2D eigenvalue weighted by Gasteiger charge is 2.20. The molecule has 8 heteroatoms. The molecule has 0 radical (unpaired) electrons. The zero-order chi connectivity index (χ0) is 21.7. The standard InChI is InChI=1S/C22H23Cl2N3O3/c1-4-9-29-20-17(23)11-15(12-18(20)24)22(28)25-21-19(26-30-27-21)16-10-13(5-2)7-8-14(16)6-3/h7-8,10-12H,4-6,9H2,1-3H3,(H,25,27,28). The molecule has 158 valence electrons. The number of halogens is 2. The first-order chi connectivity index (χ1) is 14.5. The lowest BCUT2D eigenvalue weighted by Gasteiger charge is -2.11. The van der Waals surface area contributed by atoms with Gasteiger partial charge in [0.2, 0.25) is 5.82 Å². The zero-order valence-corrected chi connectivity index (χ0v) is 18.6. The summed E-state index contributed by atoms with van der Waals surface area (Å²) in [6.45, 7) is 6.60. The van der Waals surface area contributed by atoms with Crippen molar-refractivity contribution in [1.82, 2.24) is 10.3 Å². The summed E-state index contributed by atoms with van der Waals surface area (Å²) in [7, 11) is 0. The van der Waals surface area contributed by atoms with E-state index in [-0.39, 0.29) is 21.4 Å². The molecule has 2 aromatic carbocycles. The zero-order valence-electron chi connectivity index (χ0n) is 17.1. The quantitative estimate of drug-likeness (QED) is 0.443. The molecule has 0 fully saturated rings. The molecule has 3 rings (SSSR count). The predicted molar refractivity (Wildman–Crippen MR) is 119 cm³/mol. The summed E-state index contributed by atoms with van der Waals surface area (Å²) in [4.78, 5) is 12.8. The van der Waals surface area contributed by atoms with E-state index < -0.39 is 5.91 Å². The van der Waals surface area contributed by atoms with Crippen molar-refractivity contribution < 1.29 is 14.2 Å². The minimum atomic E-state index is -0.428. The van der Waals surface area contributed by atoms with Crippen LogP contribution in [0.3, 0.4) is 0 Å². The highest BCUT2D eigenvalue weighted by molar-refractivity contribution is 6.37. The van der Waals surface area contributed by atoms with Gasteiger partial charge in [-0.2, -0.15) is 0 Å². The van der Waals surface area contributed by atoms with Gasteiger partial charge in [-0.05, 0) is 58.9 Å². The Morgan fingerprint density at radius 2 is 1.80 bits per heavy atom. The van der Waals surface area contributed by atoms with Crippen molar-refractivity contribution in [2.24, 2.45) is 0 Å². The fraction of sp³-hybridized carbons (Fsp3) is 0.318. The number of rotatable bonds is 8. The van der Waals surface area contributed by atoms with Gasteiger partial charge in [-0.3, -0.25) is 4.79 Å². The van der Waals surface area contributed by atoms with Crippen LogP contribution in [0.5, 0.6) is 5.75 Å². The van der Waals surface area contributed by atoms with E-state index in [4.69, 9.17) is 32.6 Å². The van der Waals surface area contributed by atoms with Crippen molar-refractivity contribution in [2.75, 3.05) is 11.9 Å². The molecule has 1 aromatic heterocycles. The number of carbonyl (C=O) groups is 1. The summed E-state index contributed by atoms with van der Waals surface area (Å²) in [6.07, 6.45) is 2.51. The van der Waals surface area contributed by atoms with Gasteiger partial charge in [0.1, 0.15) is 0 Å². The van der Waals surface area contributed by atoms with Crippen molar-refractivity contribution in [2.45, 2.75) is 40.0 Å². The smallest absolute Gasteiger partial charge is 0.257 e. The van der Waals surface area contributed by atoms with E-state index >= 15 is 0 Å². The molecule has 30 heavy (non-hydrogen) atoms. The van der Waals surface area contributed by atoms with Gasteiger partial charge in [-0.1, -0.05) is 56.1 Å². The Hall–Kier alpha value is -2.57. The summed E-state index contributed by atoms with van der Waals surface area (Å²) in [5.41, 5.74) is 3.88. The lowest BCUT2D eigenvalue weighted by atomic mass is 9.98. The maximum absolute atomic E-state index is 12.8. The van der Waals surface area contributed by atoms with Crippen LogP contribution in [0.15, 0.2) is 35.0 Å². The van der Waals surface area contributed by atoms with E-state index in [1.807, 2.05) is 13.0 Å². The fourth-order valence-corrected chi connectivity index (χ4v) is 3.63. The highest BCUT2D eigenvalue weighted by atomic mass is 35.5. The summed E-state index contributed by atoms with van der Waals surface area (Å²) < 4.78 is 10.5. The number of hydrogen-bond acceptors (Lipinski definition) is 5. The third kappa shape index (κ3) is 4.77. The molecule has 1 amide bonds. The van der Waals surface area contributed by atoms with Crippen molar-refractivity contribution in [3.63, 3.8) is 0 Å². The minimum absolute atomic E-state index is 0.238. The molecule has 0 aliphatic heterocycles. The number of nitrogens with zero attached hydrogens (tertiary/aromatic N) is 2. The van der Waals surface area contributed by atoms with Gasteiger partial charge < -0.3 is 10.1 Å². The average molecular weight is 448 g/mol. The lowest BCUT2D eigenvalue weighted by Crippen LogP contribution is -2.13. The van der Waals surface area contributed by atoms with Crippen LogP contribution in [0, 0.1) is 0 Å². The van der Waals surface area contributed by atoms with Crippen LogP contribution in [0.2, 0.25) is 10.0 Å². The summed E-state index contributed by atoms with van der Waals surface area (Å²) >= 11 is 12.5. The SMILES string of the molecule is CCCOc1c(Cl)cc(C(=O)Nc2nonc2-c2cc(CC)ccc2CC)cc1Cl. The summed E-state index contributed by atoms with van der Waals surface area (Å²) in [5.74, 6) is 0.175. The number of aromatic nitrogens is 2. The van der Waals surface area contributed by atoms with Crippen LogP contribution in [-0.4, -0.2) is 22.8 Å². The van der Waals surface area contributed by atoms with Gasteiger partial charge >= 0.3 is 0 Å². The molecule has 0 unspecified atom stereocenters. The first kappa shape index (κ1) is 22.1. The monoisotopic (exact) mass is 447 g/mol.